The van der Waals surface area contributed by atoms with Crippen molar-refractivity contribution >= 4 is 38.6 Å². The van der Waals surface area contributed by atoms with Gasteiger partial charge in [0.25, 0.3) is 10.0 Å². The first-order chi connectivity index (χ1) is 16.3. The van der Waals surface area contributed by atoms with E-state index < -0.39 is 22.0 Å². The summed E-state index contributed by atoms with van der Waals surface area (Å²) in [5.74, 6) is 1.13. The highest BCUT2D eigenvalue weighted by molar-refractivity contribution is 8.13. The number of thioether (sulfide) groups is 1. The SMILES string of the molecule is CCOC(=O)C1=C(C)N=C2SCCCN2C1c1cccc(NS(=O)(=O)c2ccc(OC)cc2)c1. The summed E-state index contributed by atoms with van der Waals surface area (Å²) >= 11 is 1.66. The fourth-order valence-corrected chi connectivity index (χ4v) is 6.10. The maximum atomic E-state index is 13.0. The van der Waals surface area contributed by atoms with E-state index in [9.17, 15) is 13.2 Å². The van der Waals surface area contributed by atoms with Crippen LogP contribution in [0.15, 0.2) is 69.7 Å². The van der Waals surface area contributed by atoms with Crippen molar-refractivity contribution in [3.8, 4) is 5.75 Å². The number of nitrogens with zero attached hydrogens (tertiary/aromatic N) is 2. The van der Waals surface area contributed by atoms with Crippen LogP contribution < -0.4 is 9.46 Å². The Morgan fingerprint density at radius 3 is 2.71 bits per heavy atom. The predicted octanol–water partition coefficient (Wildman–Crippen LogP) is 4.18. The average molecular weight is 502 g/mol. The molecular weight excluding hydrogens is 474 g/mol. The smallest absolute Gasteiger partial charge is 0.338 e. The third-order valence-electron chi connectivity index (χ3n) is 5.58. The van der Waals surface area contributed by atoms with Crippen molar-refractivity contribution in [3.63, 3.8) is 0 Å². The average Bonchev–Trinajstić information content (AvgIpc) is 2.83. The predicted molar refractivity (Wildman–Crippen MR) is 134 cm³/mol. The first-order valence-electron chi connectivity index (χ1n) is 11.0. The molecule has 4 rings (SSSR count). The first kappa shape index (κ1) is 24.2. The molecule has 180 valence electrons. The topological polar surface area (TPSA) is 97.3 Å². The third-order valence-corrected chi connectivity index (χ3v) is 8.05. The molecular formula is C24H27N3O5S2. The van der Waals surface area contributed by atoms with Crippen LogP contribution in [-0.2, 0) is 19.6 Å². The lowest BCUT2D eigenvalue weighted by Crippen LogP contribution is -2.42. The Bertz CT molecular complexity index is 1240. The third kappa shape index (κ3) is 4.92. The standard InChI is InChI=1S/C24H27N3O5S2/c1-4-32-23(28)21-16(2)25-24-27(13-6-14-33-24)22(21)17-7-5-8-18(15-17)26-34(29,30)20-11-9-19(31-3)10-12-20/h5,7-12,15,22,26H,4,6,13-14H2,1-3H3. The molecule has 34 heavy (non-hydrogen) atoms. The molecule has 0 radical (unpaired) electrons. The van der Waals surface area contributed by atoms with Gasteiger partial charge in [-0.3, -0.25) is 4.72 Å². The molecule has 0 aromatic heterocycles. The molecule has 1 unspecified atom stereocenters. The molecule has 2 aliphatic heterocycles. The molecule has 0 saturated carbocycles. The van der Waals surface area contributed by atoms with E-state index in [1.807, 2.05) is 13.0 Å². The molecule has 1 saturated heterocycles. The second-order valence-corrected chi connectivity index (χ2v) is 10.6. The van der Waals surface area contributed by atoms with E-state index in [0.717, 1.165) is 29.4 Å². The number of nitrogens with one attached hydrogen (secondary N) is 1. The number of carbonyl (C=O) groups is 1. The normalized spacial score (nSPS) is 18.1. The summed E-state index contributed by atoms with van der Waals surface area (Å²) in [6.45, 7) is 4.59. The van der Waals surface area contributed by atoms with E-state index >= 15 is 0 Å². The maximum absolute atomic E-state index is 13.0. The van der Waals surface area contributed by atoms with Gasteiger partial charge >= 0.3 is 5.97 Å². The van der Waals surface area contributed by atoms with Crippen LogP contribution in [-0.4, -0.2) is 50.5 Å². The number of ether oxygens (including phenoxy) is 2. The van der Waals surface area contributed by atoms with Gasteiger partial charge in [0.05, 0.1) is 35.9 Å². The summed E-state index contributed by atoms with van der Waals surface area (Å²) in [6, 6.07) is 12.9. The number of hydrogen-bond donors (Lipinski definition) is 1. The van der Waals surface area contributed by atoms with Crippen molar-refractivity contribution in [3.05, 3.63) is 65.4 Å². The molecule has 2 aromatic carbocycles. The van der Waals surface area contributed by atoms with E-state index in [4.69, 9.17) is 9.47 Å². The van der Waals surface area contributed by atoms with Gasteiger partial charge in [0.2, 0.25) is 0 Å². The summed E-state index contributed by atoms with van der Waals surface area (Å²) in [6.07, 6.45) is 0.957. The number of allylic oxidation sites excluding steroid dienone is 1. The van der Waals surface area contributed by atoms with Crippen LogP contribution in [0.1, 0.15) is 31.9 Å². The molecule has 0 bridgehead atoms. The largest absolute Gasteiger partial charge is 0.497 e. The van der Waals surface area contributed by atoms with Crippen LogP contribution in [0.2, 0.25) is 0 Å². The maximum Gasteiger partial charge on any atom is 0.338 e. The summed E-state index contributed by atoms with van der Waals surface area (Å²) < 4.78 is 39.0. The Hall–Kier alpha value is -2.98. The second-order valence-electron chi connectivity index (χ2n) is 7.82. The van der Waals surface area contributed by atoms with Crippen LogP contribution in [0.4, 0.5) is 5.69 Å². The Kier molecular flexibility index (Phi) is 7.18. The van der Waals surface area contributed by atoms with E-state index in [0.29, 0.717) is 22.7 Å². The summed E-state index contributed by atoms with van der Waals surface area (Å²) in [5, 5.41) is 0.867. The van der Waals surface area contributed by atoms with Crippen molar-refractivity contribution in [2.24, 2.45) is 4.99 Å². The zero-order chi connectivity index (χ0) is 24.3. The molecule has 10 heteroatoms. The number of fused-ring (bicyclic) bond motifs is 1. The summed E-state index contributed by atoms with van der Waals surface area (Å²) in [4.78, 5) is 19.8. The summed E-state index contributed by atoms with van der Waals surface area (Å²) in [5.41, 5.74) is 2.28. The van der Waals surface area contributed by atoms with Gasteiger partial charge in [0.1, 0.15) is 5.75 Å². The number of hydrogen-bond acceptors (Lipinski definition) is 8. The van der Waals surface area contributed by atoms with Crippen molar-refractivity contribution < 1.29 is 22.7 Å². The van der Waals surface area contributed by atoms with Gasteiger partial charge in [0.15, 0.2) is 5.17 Å². The van der Waals surface area contributed by atoms with Gasteiger partial charge in [-0.25, -0.2) is 18.2 Å². The molecule has 8 nitrogen and oxygen atoms in total. The van der Waals surface area contributed by atoms with Crippen molar-refractivity contribution in [1.82, 2.24) is 4.90 Å². The number of carbonyl (C=O) groups excluding carboxylic acids is 1. The van der Waals surface area contributed by atoms with Crippen LogP contribution in [0.25, 0.3) is 0 Å². The lowest BCUT2D eigenvalue weighted by Gasteiger charge is -2.40. The van der Waals surface area contributed by atoms with E-state index in [-0.39, 0.29) is 11.5 Å². The minimum atomic E-state index is -3.81. The van der Waals surface area contributed by atoms with Crippen molar-refractivity contribution in [1.29, 1.82) is 0 Å². The van der Waals surface area contributed by atoms with Crippen LogP contribution in [0, 0.1) is 0 Å². The molecule has 1 atom stereocenters. The minimum absolute atomic E-state index is 0.126. The molecule has 2 heterocycles. The molecule has 0 spiro atoms. The van der Waals surface area contributed by atoms with Crippen LogP contribution in [0.5, 0.6) is 5.75 Å². The minimum Gasteiger partial charge on any atom is -0.497 e. The van der Waals surface area contributed by atoms with Gasteiger partial charge in [-0.05, 0) is 62.2 Å². The molecule has 0 aliphatic carbocycles. The Morgan fingerprint density at radius 1 is 1.24 bits per heavy atom. The lowest BCUT2D eigenvalue weighted by atomic mass is 9.94. The molecule has 1 N–H and O–H groups in total. The van der Waals surface area contributed by atoms with Crippen molar-refractivity contribution in [2.45, 2.75) is 31.2 Å². The quantitative estimate of drug-likeness (QED) is 0.569. The first-order valence-corrected chi connectivity index (χ1v) is 13.4. The number of methoxy groups -OCH3 is 1. The Morgan fingerprint density at radius 2 is 2.00 bits per heavy atom. The second kappa shape index (κ2) is 10.1. The van der Waals surface area contributed by atoms with Gasteiger partial charge in [-0.15, -0.1) is 0 Å². The van der Waals surface area contributed by atoms with Gasteiger partial charge < -0.3 is 14.4 Å². The number of amidine groups is 1. The van der Waals surface area contributed by atoms with E-state index in [1.54, 1.807) is 49.0 Å². The molecule has 2 aromatic rings. The number of sulfonamides is 1. The number of rotatable bonds is 7. The molecule has 1 fully saturated rings. The lowest BCUT2D eigenvalue weighted by molar-refractivity contribution is -0.139. The highest BCUT2D eigenvalue weighted by atomic mass is 32.2. The number of benzene rings is 2. The van der Waals surface area contributed by atoms with E-state index in [1.165, 1.54) is 19.2 Å². The van der Waals surface area contributed by atoms with Gasteiger partial charge in [-0.1, -0.05) is 23.9 Å². The van der Waals surface area contributed by atoms with Crippen LogP contribution in [0.3, 0.4) is 0 Å². The molecule has 0 amide bonds. The summed E-state index contributed by atoms with van der Waals surface area (Å²) in [7, 11) is -2.29. The number of aliphatic imine (C=N–C) groups is 1. The highest BCUT2D eigenvalue weighted by Gasteiger charge is 2.38. The van der Waals surface area contributed by atoms with Crippen LogP contribution >= 0.6 is 11.8 Å². The molecule has 2 aliphatic rings. The number of anilines is 1. The zero-order valence-corrected chi connectivity index (χ0v) is 20.9. The van der Waals surface area contributed by atoms with Gasteiger partial charge in [-0.2, -0.15) is 0 Å². The van der Waals surface area contributed by atoms with Gasteiger partial charge in [0, 0.05) is 18.0 Å². The zero-order valence-electron chi connectivity index (χ0n) is 19.3. The fraction of sp³-hybridized carbons (Fsp3) is 0.333. The Balaban J connectivity index is 1.69. The van der Waals surface area contributed by atoms with E-state index in [2.05, 4.69) is 14.6 Å². The fourth-order valence-electron chi connectivity index (χ4n) is 4.03. The monoisotopic (exact) mass is 501 g/mol. The number of esters is 1. The Labute approximate surface area is 204 Å². The highest BCUT2D eigenvalue weighted by Crippen LogP contribution is 2.40. The van der Waals surface area contributed by atoms with Crippen molar-refractivity contribution in [2.75, 3.05) is 30.7 Å².